The Hall–Kier alpha value is -1.49. The van der Waals surface area contributed by atoms with Gasteiger partial charge < -0.3 is 20.5 Å². The molecule has 0 radical (unpaired) electrons. The van der Waals surface area contributed by atoms with Crippen LogP contribution >= 0.6 is 0 Å². The van der Waals surface area contributed by atoms with Crippen molar-refractivity contribution in [3.8, 4) is 5.88 Å². The molecule has 0 bridgehead atoms. The molecule has 21 heavy (non-hydrogen) atoms. The number of rotatable bonds is 5. The van der Waals surface area contributed by atoms with Gasteiger partial charge in [0.25, 0.3) is 0 Å². The molecule has 1 fully saturated rings. The highest BCUT2D eigenvalue weighted by molar-refractivity contribution is 5.53. The number of hydrogen-bond acceptors (Lipinski definition) is 5. The Bertz CT molecular complexity index is 471. The van der Waals surface area contributed by atoms with Crippen LogP contribution in [0.25, 0.3) is 0 Å². The molecule has 5 nitrogen and oxygen atoms in total. The number of nitrogens with one attached hydrogen (secondary N) is 1. The van der Waals surface area contributed by atoms with Crippen molar-refractivity contribution in [1.29, 1.82) is 0 Å². The van der Waals surface area contributed by atoms with E-state index >= 15 is 0 Å². The molecule has 2 heterocycles. The maximum atomic E-state index is 5.92. The first-order chi connectivity index (χ1) is 9.89. The molecule has 3 N–H and O–H groups in total. The molecular formula is C16H27N3O2. The SMILES string of the molecule is CCC1OCCC1CNc1ccc(N)c(OC(C)(C)C)n1. The molecule has 1 aromatic heterocycles. The Kier molecular flexibility index (Phi) is 4.93. The molecule has 0 spiro atoms. The summed E-state index contributed by atoms with van der Waals surface area (Å²) >= 11 is 0. The number of pyridine rings is 1. The van der Waals surface area contributed by atoms with Crippen molar-refractivity contribution in [3.63, 3.8) is 0 Å². The fraction of sp³-hybridized carbons (Fsp3) is 0.688. The van der Waals surface area contributed by atoms with Gasteiger partial charge in [0.05, 0.1) is 11.8 Å². The maximum absolute atomic E-state index is 5.92. The Balaban J connectivity index is 1.99. The third kappa shape index (κ3) is 4.49. The molecule has 1 aliphatic rings. The van der Waals surface area contributed by atoms with Crippen LogP contribution in [0.2, 0.25) is 0 Å². The van der Waals surface area contributed by atoms with E-state index in [4.69, 9.17) is 15.2 Å². The molecule has 0 aliphatic carbocycles. The Morgan fingerprint density at radius 2 is 2.19 bits per heavy atom. The van der Waals surface area contributed by atoms with Crippen LogP contribution in [0.15, 0.2) is 12.1 Å². The first-order valence-electron chi connectivity index (χ1n) is 7.70. The predicted octanol–water partition coefficient (Wildman–Crippen LogP) is 3.07. The van der Waals surface area contributed by atoms with Crippen molar-refractivity contribution < 1.29 is 9.47 Å². The lowest BCUT2D eigenvalue weighted by Gasteiger charge is -2.22. The zero-order valence-corrected chi connectivity index (χ0v) is 13.5. The van der Waals surface area contributed by atoms with E-state index in [0.717, 1.165) is 31.8 Å². The summed E-state index contributed by atoms with van der Waals surface area (Å²) in [6.45, 7) is 9.84. The number of ether oxygens (including phenoxy) is 2. The molecule has 0 amide bonds. The zero-order valence-electron chi connectivity index (χ0n) is 13.5. The van der Waals surface area contributed by atoms with Gasteiger partial charge in [-0.2, -0.15) is 4.98 Å². The van der Waals surface area contributed by atoms with Crippen LogP contribution in [0.1, 0.15) is 40.5 Å². The fourth-order valence-electron chi connectivity index (χ4n) is 2.53. The molecule has 118 valence electrons. The van der Waals surface area contributed by atoms with Crippen LogP contribution < -0.4 is 15.8 Å². The topological polar surface area (TPSA) is 69.4 Å². The highest BCUT2D eigenvalue weighted by Gasteiger charge is 2.26. The van der Waals surface area contributed by atoms with Crippen LogP contribution in [0, 0.1) is 5.92 Å². The summed E-state index contributed by atoms with van der Waals surface area (Å²) in [7, 11) is 0. The van der Waals surface area contributed by atoms with Gasteiger partial charge in [0, 0.05) is 19.1 Å². The van der Waals surface area contributed by atoms with E-state index in [9.17, 15) is 0 Å². The first kappa shape index (κ1) is 15.9. The van der Waals surface area contributed by atoms with Crippen LogP contribution in [-0.4, -0.2) is 29.8 Å². The predicted molar refractivity (Wildman–Crippen MR) is 85.7 cm³/mol. The highest BCUT2D eigenvalue weighted by atomic mass is 16.5. The number of hydrogen-bond donors (Lipinski definition) is 2. The minimum atomic E-state index is -0.313. The minimum absolute atomic E-state index is 0.313. The number of anilines is 2. The molecule has 1 aromatic rings. The fourth-order valence-corrected chi connectivity index (χ4v) is 2.53. The van der Waals surface area contributed by atoms with Gasteiger partial charge >= 0.3 is 0 Å². The zero-order chi connectivity index (χ0) is 15.5. The number of nitrogen functional groups attached to an aromatic ring is 1. The van der Waals surface area contributed by atoms with Crippen molar-refractivity contribution >= 4 is 11.5 Å². The van der Waals surface area contributed by atoms with E-state index in [1.807, 2.05) is 32.9 Å². The van der Waals surface area contributed by atoms with Crippen LogP contribution in [-0.2, 0) is 4.74 Å². The smallest absolute Gasteiger partial charge is 0.239 e. The standard InChI is InChI=1S/C16H27N3O2/c1-5-13-11(8-9-20-13)10-18-14-7-6-12(17)15(19-14)21-16(2,3)4/h6-7,11,13H,5,8-10,17H2,1-4H3,(H,18,19). The molecule has 1 aliphatic heterocycles. The molecule has 2 unspecified atom stereocenters. The van der Waals surface area contributed by atoms with Gasteiger partial charge in [0.1, 0.15) is 11.4 Å². The van der Waals surface area contributed by atoms with Crippen molar-refractivity contribution in [2.24, 2.45) is 5.92 Å². The molecular weight excluding hydrogens is 266 g/mol. The van der Waals surface area contributed by atoms with Crippen LogP contribution in [0.5, 0.6) is 5.88 Å². The van der Waals surface area contributed by atoms with E-state index in [0.29, 0.717) is 23.6 Å². The molecule has 0 aromatic carbocycles. The third-order valence-corrected chi connectivity index (χ3v) is 3.59. The summed E-state index contributed by atoms with van der Waals surface area (Å²) in [4.78, 5) is 4.47. The molecule has 5 heteroatoms. The normalized spacial score (nSPS) is 22.3. The second-order valence-corrected chi connectivity index (χ2v) is 6.55. The second-order valence-electron chi connectivity index (χ2n) is 6.55. The molecule has 1 saturated heterocycles. The Morgan fingerprint density at radius 1 is 1.43 bits per heavy atom. The number of aromatic nitrogens is 1. The van der Waals surface area contributed by atoms with Crippen LogP contribution in [0.4, 0.5) is 11.5 Å². The Labute approximate surface area is 127 Å². The average molecular weight is 293 g/mol. The minimum Gasteiger partial charge on any atom is -0.470 e. The lowest BCUT2D eigenvalue weighted by atomic mass is 10.00. The largest absolute Gasteiger partial charge is 0.470 e. The van der Waals surface area contributed by atoms with Gasteiger partial charge in [-0.3, -0.25) is 0 Å². The van der Waals surface area contributed by atoms with Gasteiger partial charge in [-0.15, -0.1) is 0 Å². The van der Waals surface area contributed by atoms with Gasteiger partial charge in [0.15, 0.2) is 0 Å². The summed E-state index contributed by atoms with van der Waals surface area (Å²) in [5, 5.41) is 3.38. The summed E-state index contributed by atoms with van der Waals surface area (Å²) in [5.41, 5.74) is 6.17. The summed E-state index contributed by atoms with van der Waals surface area (Å²) in [6.07, 6.45) is 2.52. The van der Waals surface area contributed by atoms with E-state index in [2.05, 4.69) is 17.2 Å². The van der Waals surface area contributed by atoms with Crippen molar-refractivity contribution in [2.75, 3.05) is 24.2 Å². The average Bonchev–Trinajstić information content (AvgIpc) is 2.85. The first-order valence-corrected chi connectivity index (χ1v) is 7.70. The van der Waals surface area contributed by atoms with E-state index in [-0.39, 0.29) is 5.60 Å². The van der Waals surface area contributed by atoms with Gasteiger partial charge in [-0.1, -0.05) is 6.92 Å². The summed E-state index contributed by atoms with van der Waals surface area (Å²) in [5.74, 6) is 1.83. The van der Waals surface area contributed by atoms with Gasteiger partial charge in [0.2, 0.25) is 5.88 Å². The lowest BCUT2D eigenvalue weighted by molar-refractivity contribution is 0.0900. The molecule has 0 saturated carbocycles. The van der Waals surface area contributed by atoms with Gasteiger partial charge in [-0.25, -0.2) is 0 Å². The summed E-state index contributed by atoms with van der Waals surface area (Å²) < 4.78 is 11.5. The third-order valence-electron chi connectivity index (χ3n) is 3.59. The molecule has 2 atom stereocenters. The molecule has 2 rings (SSSR count). The van der Waals surface area contributed by atoms with Crippen molar-refractivity contribution in [2.45, 2.75) is 52.2 Å². The number of nitrogens with two attached hydrogens (primary N) is 1. The lowest BCUT2D eigenvalue weighted by Crippen LogP contribution is -2.25. The van der Waals surface area contributed by atoms with E-state index in [1.165, 1.54) is 0 Å². The van der Waals surface area contributed by atoms with E-state index in [1.54, 1.807) is 0 Å². The Morgan fingerprint density at radius 3 is 2.86 bits per heavy atom. The second kappa shape index (κ2) is 6.52. The van der Waals surface area contributed by atoms with Gasteiger partial charge in [-0.05, 0) is 45.7 Å². The van der Waals surface area contributed by atoms with E-state index < -0.39 is 0 Å². The monoisotopic (exact) mass is 293 g/mol. The van der Waals surface area contributed by atoms with Crippen molar-refractivity contribution in [1.82, 2.24) is 4.98 Å². The maximum Gasteiger partial charge on any atom is 0.239 e. The number of nitrogens with zero attached hydrogens (tertiary/aromatic N) is 1. The quantitative estimate of drug-likeness (QED) is 0.873. The summed E-state index contributed by atoms with van der Waals surface area (Å²) in [6, 6.07) is 3.72. The van der Waals surface area contributed by atoms with Crippen molar-refractivity contribution in [3.05, 3.63) is 12.1 Å². The van der Waals surface area contributed by atoms with Crippen LogP contribution in [0.3, 0.4) is 0 Å². The highest BCUT2D eigenvalue weighted by Crippen LogP contribution is 2.27.